The summed E-state index contributed by atoms with van der Waals surface area (Å²) in [7, 11) is 0. The zero-order valence-electron chi connectivity index (χ0n) is 9.98. The topological polar surface area (TPSA) is 74.9 Å². The number of aromatic amines is 1. The van der Waals surface area contributed by atoms with Crippen molar-refractivity contribution < 1.29 is 5.11 Å². The first-order chi connectivity index (χ1) is 7.58. The first-order valence-corrected chi connectivity index (χ1v) is 6.04. The molecule has 90 valence electrons. The van der Waals surface area contributed by atoms with Crippen LogP contribution in [-0.2, 0) is 0 Å². The summed E-state index contributed by atoms with van der Waals surface area (Å²) in [6, 6.07) is 0. The van der Waals surface area contributed by atoms with Gasteiger partial charge in [-0.25, -0.2) is 0 Å². The number of anilines is 1. The number of nitrogens with one attached hydrogen (secondary N) is 1. The second-order valence-corrected chi connectivity index (χ2v) is 5.36. The van der Waals surface area contributed by atoms with E-state index in [1.165, 1.54) is 6.42 Å². The van der Waals surface area contributed by atoms with Crippen LogP contribution in [0.15, 0.2) is 6.20 Å². The number of aliphatic hydroxyl groups excluding tert-OH is 1. The Bertz CT molecular complexity index is 340. The number of hydrogen-bond donors (Lipinski definition) is 3. The van der Waals surface area contributed by atoms with E-state index >= 15 is 0 Å². The van der Waals surface area contributed by atoms with Crippen LogP contribution in [0.25, 0.3) is 0 Å². The van der Waals surface area contributed by atoms with E-state index in [1.54, 1.807) is 6.20 Å². The molecule has 0 bridgehead atoms. The Hall–Kier alpha value is -1.03. The van der Waals surface area contributed by atoms with Gasteiger partial charge in [0.25, 0.3) is 0 Å². The highest BCUT2D eigenvalue weighted by Crippen LogP contribution is 2.40. The molecule has 4 nitrogen and oxygen atoms in total. The molecule has 1 fully saturated rings. The molecule has 0 aromatic carbocycles. The fraction of sp³-hybridized carbons (Fsp3) is 0.750. The van der Waals surface area contributed by atoms with E-state index in [4.69, 9.17) is 5.73 Å². The van der Waals surface area contributed by atoms with Crippen molar-refractivity contribution in [3.05, 3.63) is 11.8 Å². The Morgan fingerprint density at radius 3 is 2.50 bits per heavy atom. The molecule has 16 heavy (non-hydrogen) atoms. The smallest absolute Gasteiger partial charge is 0.124 e. The molecule has 1 aliphatic carbocycles. The molecular weight excluding hydrogens is 202 g/mol. The van der Waals surface area contributed by atoms with Crippen LogP contribution in [0.2, 0.25) is 0 Å². The minimum atomic E-state index is -0.469. The second-order valence-electron chi connectivity index (χ2n) is 5.36. The second kappa shape index (κ2) is 4.45. The first kappa shape index (κ1) is 11.5. The fourth-order valence-electron chi connectivity index (χ4n) is 3.06. The molecule has 0 saturated heterocycles. The van der Waals surface area contributed by atoms with Gasteiger partial charge in [0.2, 0.25) is 0 Å². The summed E-state index contributed by atoms with van der Waals surface area (Å²) in [6.07, 6.45) is 4.60. The summed E-state index contributed by atoms with van der Waals surface area (Å²) in [6.45, 7) is 4.52. The average Bonchev–Trinajstić information content (AvgIpc) is 2.62. The van der Waals surface area contributed by atoms with Crippen molar-refractivity contribution in [2.45, 2.75) is 39.2 Å². The summed E-state index contributed by atoms with van der Waals surface area (Å²) in [4.78, 5) is 0. The molecule has 1 aromatic heterocycles. The Kier molecular flexibility index (Phi) is 3.19. The summed E-state index contributed by atoms with van der Waals surface area (Å²) in [5.41, 5.74) is 6.50. The van der Waals surface area contributed by atoms with Gasteiger partial charge in [-0.05, 0) is 37.0 Å². The third kappa shape index (κ3) is 2.21. The molecule has 2 rings (SSSR count). The summed E-state index contributed by atoms with van der Waals surface area (Å²) in [5.74, 6) is 2.20. The number of rotatable bonds is 2. The van der Waals surface area contributed by atoms with Crippen molar-refractivity contribution in [1.82, 2.24) is 10.2 Å². The molecule has 1 heterocycles. The largest absolute Gasteiger partial charge is 0.388 e. The molecule has 4 heteroatoms. The maximum atomic E-state index is 10.3. The predicted octanol–water partition coefficient (Wildman–Crippen LogP) is 2.10. The summed E-state index contributed by atoms with van der Waals surface area (Å²) in [5, 5.41) is 16.9. The van der Waals surface area contributed by atoms with Gasteiger partial charge in [0.15, 0.2) is 0 Å². The Balaban J connectivity index is 2.10. The quantitative estimate of drug-likeness (QED) is 0.718. The Morgan fingerprint density at radius 1 is 1.38 bits per heavy atom. The van der Waals surface area contributed by atoms with Crippen molar-refractivity contribution >= 4 is 5.82 Å². The molecule has 0 spiro atoms. The van der Waals surface area contributed by atoms with Gasteiger partial charge >= 0.3 is 0 Å². The van der Waals surface area contributed by atoms with Gasteiger partial charge in [-0.2, -0.15) is 5.10 Å². The number of aromatic nitrogens is 2. The van der Waals surface area contributed by atoms with Gasteiger partial charge in [-0.15, -0.1) is 0 Å². The van der Waals surface area contributed by atoms with Crippen molar-refractivity contribution in [3.8, 4) is 0 Å². The summed E-state index contributed by atoms with van der Waals surface area (Å²) >= 11 is 0. The van der Waals surface area contributed by atoms with Crippen molar-refractivity contribution in [2.24, 2.45) is 17.8 Å². The van der Waals surface area contributed by atoms with Crippen LogP contribution in [0.1, 0.15) is 44.8 Å². The van der Waals surface area contributed by atoms with Gasteiger partial charge in [-0.1, -0.05) is 13.8 Å². The van der Waals surface area contributed by atoms with E-state index in [1.807, 2.05) is 0 Å². The minimum Gasteiger partial charge on any atom is -0.388 e. The fourth-order valence-corrected chi connectivity index (χ4v) is 3.06. The molecule has 1 saturated carbocycles. The van der Waals surface area contributed by atoms with Gasteiger partial charge in [0.1, 0.15) is 5.82 Å². The van der Waals surface area contributed by atoms with Gasteiger partial charge in [-0.3, -0.25) is 5.10 Å². The average molecular weight is 223 g/mol. The molecule has 1 aliphatic rings. The minimum absolute atomic E-state index is 0.318. The standard InChI is InChI=1S/C12H21N3O/c1-7-3-8(2)5-9(4-7)11(16)10-6-14-15-12(10)13/h6-9,11,16H,3-5H2,1-2H3,(H3,13,14,15). The Labute approximate surface area is 96.2 Å². The SMILES string of the molecule is CC1CC(C)CC(C(O)c2cn[nH]c2N)C1. The van der Waals surface area contributed by atoms with E-state index in [-0.39, 0.29) is 0 Å². The lowest BCUT2D eigenvalue weighted by Crippen LogP contribution is -2.24. The van der Waals surface area contributed by atoms with Crippen LogP contribution in [-0.4, -0.2) is 15.3 Å². The van der Waals surface area contributed by atoms with Crippen molar-refractivity contribution in [1.29, 1.82) is 0 Å². The van der Waals surface area contributed by atoms with Crippen LogP contribution in [0, 0.1) is 17.8 Å². The van der Waals surface area contributed by atoms with Crippen LogP contribution < -0.4 is 5.73 Å². The summed E-state index contributed by atoms with van der Waals surface area (Å²) < 4.78 is 0. The van der Waals surface area contributed by atoms with E-state index in [0.717, 1.165) is 18.4 Å². The first-order valence-electron chi connectivity index (χ1n) is 6.04. The third-order valence-corrected chi connectivity index (χ3v) is 3.68. The zero-order valence-corrected chi connectivity index (χ0v) is 9.98. The van der Waals surface area contributed by atoms with Crippen LogP contribution in [0.5, 0.6) is 0 Å². The number of hydrogen-bond acceptors (Lipinski definition) is 3. The van der Waals surface area contributed by atoms with Gasteiger partial charge in [0, 0.05) is 5.56 Å². The molecule has 3 atom stereocenters. The predicted molar refractivity (Wildman–Crippen MR) is 63.6 cm³/mol. The molecule has 0 aliphatic heterocycles. The maximum absolute atomic E-state index is 10.3. The Morgan fingerprint density at radius 2 is 2.00 bits per heavy atom. The van der Waals surface area contributed by atoms with Crippen molar-refractivity contribution in [3.63, 3.8) is 0 Å². The third-order valence-electron chi connectivity index (χ3n) is 3.68. The highest BCUT2D eigenvalue weighted by atomic mass is 16.3. The van der Waals surface area contributed by atoms with Crippen LogP contribution in [0.4, 0.5) is 5.82 Å². The monoisotopic (exact) mass is 223 g/mol. The number of nitrogens with zero attached hydrogens (tertiary/aromatic N) is 1. The lowest BCUT2D eigenvalue weighted by Gasteiger charge is -2.34. The molecule has 0 amide bonds. The van der Waals surface area contributed by atoms with Crippen molar-refractivity contribution in [2.75, 3.05) is 5.73 Å². The van der Waals surface area contributed by atoms with E-state index < -0.39 is 6.10 Å². The number of nitrogens with two attached hydrogens (primary N) is 1. The number of H-pyrrole nitrogens is 1. The molecule has 0 radical (unpaired) electrons. The molecule has 1 aromatic rings. The number of nitrogen functional groups attached to an aromatic ring is 1. The highest BCUT2D eigenvalue weighted by molar-refractivity contribution is 5.38. The molecular formula is C12H21N3O. The molecule has 4 N–H and O–H groups in total. The number of aliphatic hydroxyl groups is 1. The molecule has 3 unspecified atom stereocenters. The lowest BCUT2D eigenvalue weighted by atomic mass is 9.73. The van der Waals surface area contributed by atoms with Gasteiger partial charge in [0.05, 0.1) is 12.3 Å². The van der Waals surface area contributed by atoms with Crippen LogP contribution >= 0.6 is 0 Å². The highest BCUT2D eigenvalue weighted by Gasteiger charge is 2.31. The van der Waals surface area contributed by atoms with Gasteiger partial charge < -0.3 is 10.8 Å². The normalized spacial score (nSPS) is 32.6. The van der Waals surface area contributed by atoms with E-state index in [0.29, 0.717) is 23.6 Å². The lowest BCUT2D eigenvalue weighted by molar-refractivity contribution is 0.0557. The maximum Gasteiger partial charge on any atom is 0.124 e. The van der Waals surface area contributed by atoms with Crippen LogP contribution in [0.3, 0.4) is 0 Å². The van der Waals surface area contributed by atoms with E-state index in [9.17, 15) is 5.11 Å². The zero-order chi connectivity index (χ0) is 11.7. The van der Waals surface area contributed by atoms with E-state index in [2.05, 4.69) is 24.0 Å².